The SMILES string of the molecule is COC(=O)CC(C)Oc1cc(C(C)C)ccc1C. The van der Waals surface area contributed by atoms with Crippen LogP contribution in [0.3, 0.4) is 0 Å². The third-order valence-electron chi connectivity index (χ3n) is 2.89. The molecule has 0 saturated heterocycles. The maximum absolute atomic E-state index is 11.2. The van der Waals surface area contributed by atoms with E-state index in [1.165, 1.54) is 12.7 Å². The maximum Gasteiger partial charge on any atom is 0.309 e. The van der Waals surface area contributed by atoms with E-state index in [4.69, 9.17) is 4.74 Å². The molecule has 1 aromatic carbocycles. The molecule has 100 valence electrons. The largest absolute Gasteiger partial charge is 0.490 e. The Labute approximate surface area is 109 Å². The summed E-state index contributed by atoms with van der Waals surface area (Å²) in [5.41, 5.74) is 2.32. The minimum Gasteiger partial charge on any atom is -0.490 e. The standard InChI is InChI=1S/C15H22O3/c1-10(2)13-7-6-11(3)14(9-13)18-12(4)8-15(16)17-5/h6-7,9-10,12H,8H2,1-5H3. The number of esters is 1. The van der Waals surface area contributed by atoms with Crippen LogP contribution in [0.4, 0.5) is 0 Å². The average Bonchev–Trinajstić information content (AvgIpc) is 2.31. The number of aryl methyl sites for hydroxylation is 1. The van der Waals surface area contributed by atoms with E-state index in [1.807, 2.05) is 19.9 Å². The van der Waals surface area contributed by atoms with Gasteiger partial charge in [0.15, 0.2) is 0 Å². The molecule has 0 aromatic heterocycles. The van der Waals surface area contributed by atoms with Crippen LogP contribution >= 0.6 is 0 Å². The van der Waals surface area contributed by atoms with Crippen molar-refractivity contribution in [2.45, 2.75) is 46.1 Å². The third-order valence-corrected chi connectivity index (χ3v) is 2.89. The molecule has 0 saturated carbocycles. The molecule has 0 spiro atoms. The second kappa shape index (κ2) is 6.43. The summed E-state index contributed by atoms with van der Waals surface area (Å²) >= 11 is 0. The third kappa shape index (κ3) is 4.06. The smallest absolute Gasteiger partial charge is 0.309 e. The highest BCUT2D eigenvalue weighted by Gasteiger charge is 2.12. The van der Waals surface area contributed by atoms with Gasteiger partial charge in [-0.2, -0.15) is 0 Å². The first-order chi connectivity index (χ1) is 8.43. The molecule has 0 fully saturated rings. The molecule has 0 aliphatic heterocycles. The van der Waals surface area contributed by atoms with E-state index < -0.39 is 0 Å². The Morgan fingerprint density at radius 2 is 1.94 bits per heavy atom. The number of benzene rings is 1. The van der Waals surface area contributed by atoms with Crippen molar-refractivity contribution in [1.29, 1.82) is 0 Å². The Morgan fingerprint density at radius 1 is 1.28 bits per heavy atom. The topological polar surface area (TPSA) is 35.5 Å². The predicted molar refractivity (Wildman–Crippen MR) is 72.0 cm³/mol. The van der Waals surface area contributed by atoms with Crippen LogP contribution < -0.4 is 4.74 Å². The van der Waals surface area contributed by atoms with Gasteiger partial charge >= 0.3 is 5.97 Å². The zero-order chi connectivity index (χ0) is 13.7. The summed E-state index contributed by atoms with van der Waals surface area (Å²) in [4.78, 5) is 11.2. The van der Waals surface area contributed by atoms with E-state index >= 15 is 0 Å². The molecule has 0 aliphatic rings. The molecule has 0 radical (unpaired) electrons. The van der Waals surface area contributed by atoms with Gasteiger partial charge in [0.05, 0.1) is 13.5 Å². The van der Waals surface area contributed by atoms with Crippen LogP contribution in [0.25, 0.3) is 0 Å². The van der Waals surface area contributed by atoms with Crippen molar-refractivity contribution in [1.82, 2.24) is 0 Å². The van der Waals surface area contributed by atoms with Crippen LogP contribution in [0.1, 0.15) is 44.2 Å². The highest BCUT2D eigenvalue weighted by molar-refractivity contribution is 5.69. The Bertz CT molecular complexity index is 410. The molecule has 1 rings (SSSR count). The molecule has 18 heavy (non-hydrogen) atoms. The fourth-order valence-electron chi connectivity index (χ4n) is 1.68. The molecule has 0 bridgehead atoms. The van der Waals surface area contributed by atoms with Crippen molar-refractivity contribution in [2.24, 2.45) is 0 Å². The molecule has 0 N–H and O–H groups in total. The summed E-state index contributed by atoms with van der Waals surface area (Å²) in [6, 6.07) is 6.21. The fraction of sp³-hybridized carbons (Fsp3) is 0.533. The van der Waals surface area contributed by atoms with Crippen molar-refractivity contribution in [3.63, 3.8) is 0 Å². The van der Waals surface area contributed by atoms with E-state index in [0.29, 0.717) is 5.92 Å². The zero-order valence-corrected chi connectivity index (χ0v) is 11.8. The predicted octanol–water partition coefficient (Wildman–Crippen LogP) is 3.45. The van der Waals surface area contributed by atoms with Crippen LogP contribution in [0.5, 0.6) is 5.75 Å². The first-order valence-electron chi connectivity index (χ1n) is 6.28. The van der Waals surface area contributed by atoms with Crippen molar-refractivity contribution in [3.8, 4) is 5.75 Å². The van der Waals surface area contributed by atoms with Gasteiger partial charge in [-0.25, -0.2) is 0 Å². The van der Waals surface area contributed by atoms with E-state index in [1.54, 1.807) is 0 Å². The van der Waals surface area contributed by atoms with E-state index in [0.717, 1.165) is 11.3 Å². The van der Waals surface area contributed by atoms with Crippen molar-refractivity contribution >= 4 is 5.97 Å². The Kier molecular flexibility index (Phi) is 5.20. The molecule has 3 heteroatoms. The second-order valence-corrected chi connectivity index (χ2v) is 4.89. The number of hydrogen-bond donors (Lipinski definition) is 0. The van der Waals surface area contributed by atoms with Gasteiger partial charge in [-0.05, 0) is 37.0 Å². The summed E-state index contributed by atoms with van der Waals surface area (Å²) in [7, 11) is 1.39. The lowest BCUT2D eigenvalue weighted by molar-refractivity contribution is -0.142. The number of carbonyl (C=O) groups is 1. The van der Waals surface area contributed by atoms with Gasteiger partial charge in [0.25, 0.3) is 0 Å². The summed E-state index contributed by atoms with van der Waals surface area (Å²) < 4.78 is 10.4. The normalized spacial score (nSPS) is 12.3. The van der Waals surface area contributed by atoms with Gasteiger partial charge in [0, 0.05) is 0 Å². The summed E-state index contributed by atoms with van der Waals surface area (Å²) in [6.45, 7) is 8.17. The molecule has 1 unspecified atom stereocenters. The number of methoxy groups -OCH3 is 1. The van der Waals surface area contributed by atoms with Crippen molar-refractivity contribution < 1.29 is 14.3 Å². The molecule has 0 amide bonds. The van der Waals surface area contributed by atoms with Gasteiger partial charge in [0.1, 0.15) is 11.9 Å². The maximum atomic E-state index is 11.2. The first kappa shape index (κ1) is 14.6. The molecule has 0 aliphatic carbocycles. The van der Waals surface area contributed by atoms with Crippen molar-refractivity contribution in [3.05, 3.63) is 29.3 Å². The van der Waals surface area contributed by atoms with Crippen LogP contribution in [-0.4, -0.2) is 19.2 Å². The molecule has 0 heterocycles. The lowest BCUT2D eigenvalue weighted by Gasteiger charge is -2.17. The highest BCUT2D eigenvalue weighted by Crippen LogP contribution is 2.25. The average molecular weight is 250 g/mol. The van der Waals surface area contributed by atoms with Crippen LogP contribution in [0.15, 0.2) is 18.2 Å². The Balaban J connectivity index is 2.76. The van der Waals surface area contributed by atoms with Gasteiger partial charge in [-0.15, -0.1) is 0 Å². The lowest BCUT2D eigenvalue weighted by Crippen LogP contribution is -2.18. The fourth-order valence-corrected chi connectivity index (χ4v) is 1.68. The van der Waals surface area contributed by atoms with Gasteiger partial charge in [-0.3, -0.25) is 4.79 Å². The quantitative estimate of drug-likeness (QED) is 0.751. The zero-order valence-electron chi connectivity index (χ0n) is 11.8. The number of rotatable bonds is 5. The van der Waals surface area contributed by atoms with Gasteiger partial charge in [-0.1, -0.05) is 26.0 Å². The van der Waals surface area contributed by atoms with Crippen LogP contribution in [0, 0.1) is 6.92 Å². The first-order valence-corrected chi connectivity index (χ1v) is 6.28. The Hall–Kier alpha value is -1.51. The van der Waals surface area contributed by atoms with Crippen LogP contribution in [-0.2, 0) is 9.53 Å². The number of hydrogen-bond acceptors (Lipinski definition) is 3. The van der Waals surface area contributed by atoms with E-state index in [2.05, 4.69) is 30.7 Å². The summed E-state index contributed by atoms with van der Waals surface area (Å²) in [6.07, 6.45) is 0.0838. The summed E-state index contributed by atoms with van der Waals surface area (Å²) in [5.74, 6) is 1.06. The number of carbonyl (C=O) groups excluding carboxylic acids is 1. The molecule has 3 nitrogen and oxygen atoms in total. The lowest BCUT2D eigenvalue weighted by atomic mass is 10.0. The van der Waals surface area contributed by atoms with Gasteiger partial charge in [0.2, 0.25) is 0 Å². The van der Waals surface area contributed by atoms with Crippen LogP contribution in [0.2, 0.25) is 0 Å². The molecular formula is C15H22O3. The minimum absolute atomic E-state index is 0.182. The monoisotopic (exact) mass is 250 g/mol. The minimum atomic E-state index is -0.250. The van der Waals surface area contributed by atoms with E-state index in [-0.39, 0.29) is 18.5 Å². The second-order valence-electron chi connectivity index (χ2n) is 4.89. The Morgan fingerprint density at radius 3 is 2.50 bits per heavy atom. The highest BCUT2D eigenvalue weighted by atomic mass is 16.5. The summed E-state index contributed by atoms with van der Waals surface area (Å²) in [5, 5.41) is 0. The number of ether oxygens (including phenoxy) is 2. The molecular weight excluding hydrogens is 228 g/mol. The molecule has 1 atom stereocenters. The molecule has 1 aromatic rings. The van der Waals surface area contributed by atoms with Gasteiger partial charge < -0.3 is 9.47 Å². The van der Waals surface area contributed by atoms with Crippen molar-refractivity contribution in [2.75, 3.05) is 7.11 Å². The van der Waals surface area contributed by atoms with E-state index in [9.17, 15) is 4.79 Å².